The van der Waals surface area contributed by atoms with Crippen molar-refractivity contribution in [2.45, 2.75) is 6.42 Å². The number of hydrogen-bond acceptors (Lipinski definition) is 4. The van der Waals surface area contributed by atoms with Gasteiger partial charge in [0.2, 0.25) is 0 Å². The Morgan fingerprint density at radius 2 is 2.29 bits per heavy atom. The first-order valence-electron chi connectivity index (χ1n) is 5.12. The van der Waals surface area contributed by atoms with Crippen LogP contribution >= 0.6 is 22.9 Å². The van der Waals surface area contributed by atoms with Gasteiger partial charge in [-0.2, -0.15) is 5.26 Å². The first-order valence-corrected chi connectivity index (χ1v) is 6.31. The topological polar surface area (TPSA) is 48.7 Å². The van der Waals surface area contributed by atoms with Crippen LogP contribution < -0.4 is 5.32 Å². The Labute approximate surface area is 109 Å². The molecule has 0 amide bonds. The maximum absolute atomic E-state index is 8.90. The molecule has 2 aromatic rings. The highest BCUT2D eigenvalue weighted by molar-refractivity contribution is 7.16. The number of pyridine rings is 1. The minimum atomic E-state index is 0.615. The number of rotatable bonds is 4. The Hall–Kier alpha value is -1.57. The van der Waals surface area contributed by atoms with Crippen LogP contribution in [0.3, 0.4) is 0 Å². The van der Waals surface area contributed by atoms with Gasteiger partial charge in [-0.3, -0.25) is 4.98 Å². The molecule has 2 heterocycles. The molecule has 1 N–H and O–H groups in total. The molecule has 0 unspecified atom stereocenters. The predicted octanol–water partition coefficient (Wildman–Crippen LogP) is 3.32. The fourth-order valence-corrected chi connectivity index (χ4v) is 2.53. The number of nitrogens with one attached hydrogen (secondary N) is 1. The van der Waals surface area contributed by atoms with Crippen molar-refractivity contribution < 1.29 is 0 Å². The molecule has 0 atom stereocenters. The smallest absolute Gasteiger partial charge is 0.101 e. The molecule has 0 saturated heterocycles. The lowest BCUT2D eigenvalue weighted by atomic mass is 10.2. The molecule has 0 bridgehead atoms. The van der Waals surface area contributed by atoms with E-state index in [0.29, 0.717) is 5.56 Å². The number of aromatic nitrogens is 1. The Balaban J connectivity index is 1.92. The molecular weight excluding hydrogens is 254 g/mol. The second-order valence-electron chi connectivity index (χ2n) is 3.42. The zero-order chi connectivity index (χ0) is 12.1. The van der Waals surface area contributed by atoms with Gasteiger partial charge < -0.3 is 5.32 Å². The van der Waals surface area contributed by atoms with Crippen molar-refractivity contribution in [3.05, 3.63) is 45.4 Å². The molecular formula is C12H10ClN3S. The fourth-order valence-electron chi connectivity index (χ4n) is 1.44. The van der Waals surface area contributed by atoms with E-state index in [1.54, 1.807) is 29.8 Å². The van der Waals surface area contributed by atoms with Crippen molar-refractivity contribution in [1.29, 1.82) is 5.26 Å². The van der Waals surface area contributed by atoms with Gasteiger partial charge in [-0.05, 0) is 24.6 Å². The van der Waals surface area contributed by atoms with Crippen LogP contribution in [0.15, 0.2) is 30.6 Å². The summed E-state index contributed by atoms with van der Waals surface area (Å²) in [6.45, 7) is 0.761. The fraction of sp³-hybridized carbons (Fsp3) is 0.167. The van der Waals surface area contributed by atoms with E-state index in [9.17, 15) is 0 Å². The largest absolute Gasteiger partial charge is 0.382 e. The van der Waals surface area contributed by atoms with E-state index in [1.165, 1.54) is 4.88 Å². The van der Waals surface area contributed by atoms with Gasteiger partial charge in [0.1, 0.15) is 6.07 Å². The van der Waals surface area contributed by atoms with Crippen LogP contribution in [-0.4, -0.2) is 11.5 Å². The second kappa shape index (κ2) is 5.67. The molecule has 0 spiro atoms. The number of nitrogens with zero attached hydrogens (tertiary/aromatic N) is 2. The van der Waals surface area contributed by atoms with Crippen molar-refractivity contribution in [2.24, 2.45) is 0 Å². The Bertz CT molecular complexity index is 545. The minimum Gasteiger partial charge on any atom is -0.382 e. The Morgan fingerprint density at radius 3 is 3.00 bits per heavy atom. The van der Waals surface area contributed by atoms with Gasteiger partial charge in [0.05, 0.1) is 21.8 Å². The summed E-state index contributed by atoms with van der Waals surface area (Å²) in [6.07, 6.45) is 4.17. The van der Waals surface area contributed by atoms with Crippen molar-refractivity contribution in [1.82, 2.24) is 4.98 Å². The first-order chi connectivity index (χ1) is 8.29. The molecule has 2 rings (SSSR count). The molecule has 0 radical (unpaired) electrons. The van der Waals surface area contributed by atoms with Crippen LogP contribution in [0.4, 0.5) is 5.69 Å². The SMILES string of the molecule is N#Cc1ccncc1NCCc1ccc(Cl)s1. The van der Waals surface area contributed by atoms with Gasteiger partial charge in [0, 0.05) is 17.6 Å². The molecule has 0 fully saturated rings. The van der Waals surface area contributed by atoms with Gasteiger partial charge in [-0.25, -0.2) is 0 Å². The number of thiophene rings is 1. The van der Waals surface area contributed by atoms with Crippen molar-refractivity contribution in [2.75, 3.05) is 11.9 Å². The molecule has 5 heteroatoms. The summed E-state index contributed by atoms with van der Waals surface area (Å²) < 4.78 is 0.805. The average Bonchev–Trinajstić information content (AvgIpc) is 2.76. The number of halogens is 1. The molecule has 0 aliphatic rings. The predicted molar refractivity (Wildman–Crippen MR) is 70.5 cm³/mol. The van der Waals surface area contributed by atoms with Crippen LogP contribution in [0, 0.1) is 11.3 Å². The Kier molecular flexibility index (Phi) is 3.97. The van der Waals surface area contributed by atoms with E-state index in [1.807, 2.05) is 12.1 Å². The maximum atomic E-state index is 8.90. The molecule has 0 aliphatic carbocycles. The zero-order valence-electron chi connectivity index (χ0n) is 8.98. The van der Waals surface area contributed by atoms with E-state index < -0.39 is 0 Å². The number of hydrogen-bond donors (Lipinski definition) is 1. The first kappa shape index (κ1) is 11.9. The number of anilines is 1. The normalized spacial score (nSPS) is 9.88. The summed E-state index contributed by atoms with van der Waals surface area (Å²) in [7, 11) is 0. The minimum absolute atomic E-state index is 0.615. The third-order valence-electron chi connectivity index (χ3n) is 2.26. The summed E-state index contributed by atoms with van der Waals surface area (Å²) in [4.78, 5) is 5.22. The molecule has 0 aliphatic heterocycles. The molecule has 17 heavy (non-hydrogen) atoms. The van der Waals surface area contributed by atoms with Gasteiger partial charge in [-0.15, -0.1) is 11.3 Å². The van der Waals surface area contributed by atoms with E-state index in [-0.39, 0.29) is 0 Å². The lowest BCUT2D eigenvalue weighted by Crippen LogP contribution is -2.05. The van der Waals surface area contributed by atoms with E-state index in [4.69, 9.17) is 16.9 Å². The molecule has 0 aromatic carbocycles. The monoisotopic (exact) mass is 263 g/mol. The number of nitriles is 1. The van der Waals surface area contributed by atoms with Crippen molar-refractivity contribution in [3.63, 3.8) is 0 Å². The summed E-state index contributed by atoms with van der Waals surface area (Å²) in [5.41, 5.74) is 1.39. The van der Waals surface area contributed by atoms with Crippen LogP contribution in [0.5, 0.6) is 0 Å². The lowest BCUT2D eigenvalue weighted by Gasteiger charge is -2.05. The third kappa shape index (κ3) is 3.19. The highest BCUT2D eigenvalue weighted by Crippen LogP contribution is 2.22. The summed E-state index contributed by atoms with van der Waals surface area (Å²) in [5, 5.41) is 12.1. The third-order valence-corrected chi connectivity index (χ3v) is 3.55. The maximum Gasteiger partial charge on any atom is 0.101 e. The second-order valence-corrected chi connectivity index (χ2v) is 5.22. The van der Waals surface area contributed by atoms with Gasteiger partial charge in [0.15, 0.2) is 0 Å². The van der Waals surface area contributed by atoms with Gasteiger partial charge in [-0.1, -0.05) is 11.6 Å². The van der Waals surface area contributed by atoms with E-state index in [0.717, 1.165) is 23.0 Å². The summed E-state index contributed by atoms with van der Waals surface area (Å²) in [6, 6.07) is 7.74. The molecule has 2 aromatic heterocycles. The van der Waals surface area contributed by atoms with E-state index in [2.05, 4.69) is 16.4 Å². The van der Waals surface area contributed by atoms with Crippen LogP contribution in [-0.2, 0) is 6.42 Å². The van der Waals surface area contributed by atoms with E-state index >= 15 is 0 Å². The van der Waals surface area contributed by atoms with Gasteiger partial charge in [0.25, 0.3) is 0 Å². The standard InChI is InChI=1S/C12H10ClN3S/c13-12-2-1-10(17-12)4-6-16-11-8-15-5-3-9(11)7-14/h1-3,5,8,16H,4,6H2. The highest BCUT2D eigenvalue weighted by Gasteiger charge is 2.01. The van der Waals surface area contributed by atoms with Crippen LogP contribution in [0.1, 0.15) is 10.4 Å². The molecule has 86 valence electrons. The Morgan fingerprint density at radius 1 is 1.41 bits per heavy atom. The van der Waals surface area contributed by atoms with Crippen molar-refractivity contribution in [3.8, 4) is 6.07 Å². The highest BCUT2D eigenvalue weighted by atomic mass is 35.5. The quantitative estimate of drug-likeness (QED) is 0.921. The summed E-state index contributed by atoms with van der Waals surface area (Å²) in [5.74, 6) is 0. The van der Waals surface area contributed by atoms with Crippen LogP contribution in [0.25, 0.3) is 0 Å². The summed E-state index contributed by atoms with van der Waals surface area (Å²) >= 11 is 7.43. The van der Waals surface area contributed by atoms with Gasteiger partial charge >= 0.3 is 0 Å². The molecule has 3 nitrogen and oxygen atoms in total. The van der Waals surface area contributed by atoms with Crippen LogP contribution in [0.2, 0.25) is 4.34 Å². The van der Waals surface area contributed by atoms with Crippen molar-refractivity contribution >= 4 is 28.6 Å². The zero-order valence-corrected chi connectivity index (χ0v) is 10.6. The molecule has 0 saturated carbocycles. The average molecular weight is 264 g/mol. The lowest BCUT2D eigenvalue weighted by molar-refractivity contribution is 1.04.